The van der Waals surface area contributed by atoms with Gasteiger partial charge in [-0.3, -0.25) is 4.79 Å². The van der Waals surface area contributed by atoms with Crippen molar-refractivity contribution < 1.29 is 4.79 Å². The molecule has 1 amide bonds. The molecule has 0 aromatic carbocycles. The summed E-state index contributed by atoms with van der Waals surface area (Å²) in [5, 5.41) is 11.4. The van der Waals surface area contributed by atoms with E-state index in [1.165, 1.54) is 57.4 Å². The number of nitrogens with zero attached hydrogens (tertiary/aromatic N) is 1. The Labute approximate surface area is 124 Å². The Hall–Kier alpha value is -1.30. The van der Waals surface area contributed by atoms with Gasteiger partial charge in [0.25, 0.3) is 0 Å². The van der Waals surface area contributed by atoms with Gasteiger partial charge in [0.2, 0.25) is 5.91 Å². The topological polar surface area (TPSA) is 52.9 Å². The van der Waals surface area contributed by atoms with Crippen LogP contribution in [0.15, 0.2) is 12.7 Å². The number of hydrogen-bond acceptors (Lipinski definition) is 2. The van der Waals surface area contributed by atoms with Crippen LogP contribution in [-0.4, -0.2) is 12.5 Å². The standard InChI is InChI=1S/C17H30N2O/c1-3-17(20)19-15-11-9-7-5-4-6-8-10-12-16(2)13-14-18/h3,16H,1,4-13,15H2,2H3,(H,19,20). The molecule has 0 saturated heterocycles. The monoisotopic (exact) mass is 278 g/mol. The van der Waals surface area contributed by atoms with E-state index in [0.29, 0.717) is 12.3 Å². The second kappa shape index (κ2) is 14.1. The first-order valence-corrected chi connectivity index (χ1v) is 7.98. The Morgan fingerprint density at radius 3 is 2.25 bits per heavy atom. The molecule has 114 valence electrons. The van der Waals surface area contributed by atoms with Crippen molar-refractivity contribution in [1.82, 2.24) is 5.32 Å². The molecule has 1 unspecified atom stereocenters. The maximum Gasteiger partial charge on any atom is 0.243 e. The summed E-state index contributed by atoms with van der Waals surface area (Å²) in [5.41, 5.74) is 0. The van der Waals surface area contributed by atoms with Crippen molar-refractivity contribution in [2.24, 2.45) is 5.92 Å². The van der Waals surface area contributed by atoms with E-state index in [0.717, 1.165) is 13.0 Å². The van der Waals surface area contributed by atoms with E-state index >= 15 is 0 Å². The minimum absolute atomic E-state index is 0.0735. The van der Waals surface area contributed by atoms with Gasteiger partial charge in [-0.25, -0.2) is 0 Å². The number of carbonyl (C=O) groups excluding carboxylic acids is 1. The van der Waals surface area contributed by atoms with Crippen molar-refractivity contribution in [2.75, 3.05) is 6.54 Å². The van der Waals surface area contributed by atoms with Crippen LogP contribution in [0.2, 0.25) is 0 Å². The summed E-state index contributed by atoms with van der Waals surface area (Å²) in [7, 11) is 0. The van der Waals surface area contributed by atoms with Crippen LogP contribution in [-0.2, 0) is 4.79 Å². The molecule has 0 saturated carbocycles. The SMILES string of the molecule is C=CC(=O)NCCCCCCCCCCC(C)CC#N. The van der Waals surface area contributed by atoms with Crippen LogP contribution in [0.3, 0.4) is 0 Å². The van der Waals surface area contributed by atoms with Gasteiger partial charge in [-0.2, -0.15) is 5.26 Å². The third-order valence-corrected chi connectivity index (χ3v) is 3.55. The molecule has 0 radical (unpaired) electrons. The van der Waals surface area contributed by atoms with Gasteiger partial charge >= 0.3 is 0 Å². The lowest BCUT2D eigenvalue weighted by Gasteiger charge is -2.06. The van der Waals surface area contributed by atoms with E-state index in [2.05, 4.69) is 24.9 Å². The van der Waals surface area contributed by atoms with Crippen LogP contribution < -0.4 is 5.32 Å². The highest BCUT2D eigenvalue weighted by atomic mass is 16.1. The summed E-state index contributed by atoms with van der Waals surface area (Å²) in [6, 6.07) is 2.23. The number of carbonyl (C=O) groups is 1. The lowest BCUT2D eigenvalue weighted by Crippen LogP contribution is -2.21. The first-order chi connectivity index (χ1) is 9.70. The minimum atomic E-state index is -0.0735. The summed E-state index contributed by atoms with van der Waals surface area (Å²) in [4.78, 5) is 10.9. The van der Waals surface area contributed by atoms with Crippen LogP contribution in [0, 0.1) is 17.2 Å². The quantitative estimate of drug-likeness (QED) is 0.402. The zero-order chi connectivity index (χ0) is 15.1. The molecule has 0 fully saturated rings. The van der Waals surface area contributed by atoms with Gasteiger partial charge < -0.3 is 5.32 Å². The predicted octanol–water partition coefficient (Wildman–Crippen LogP) is 4.35. The summed E-state index contributed by atoms with van der Waals surface area (Å²) in [6.45, 7) is 6.34. The van der Waals surface area contributed by atoms with Crippen LogP contribution in [0.5, 0.6) is 0 Å². The number of rotatable bonds is 13. The van der Waals surface area contributed by atoms with Crippen molar-refractivity contribution in [1.29, 1.82) is 5.26 Å². The smallest absolute Gasteiger partial charge is 0.243 e. The molecular weight excluding hydrogens is 248 g/mol. The fourth-order valence-corrected chi connectivity index (χ4v) is 2.22. The molecule has 0 bridgehead atoms. The summed E-state index contributed by atoms with van der Waals surface area (Å²) < 4.78 is 0. The number of nitriles is 1. The average molecular weight is 278 g/mol. The van der Waals surface area contributed by atoms with Crippen molar-refractivity contribution in [3.05, 3.63) is 12.7 Å². The molecule has 3 nitrogen and oxygen atoms in total. The lowest BCUT2D eigenvalue weighted by molar-refractivity contribution is -0.116. The molecule has 0 aliphatic heterocycles. The highest BCUT2D eigenvalue weighted by Gasteiger charge is 2.00. The van der Waals surface area contributed by atoms with E-state index in [1.54, 1.807) is 0 Å². The number of hydrogen-bond donors (Lipinski definition) is 1. The predicted molar refractivity (Wildman–Crippen MR) is 84.2 cm³/mol. The fraction of sp³-hybridized carbons (Fsp3) is 0.765. The van der Waals surface area contributed by atoms with Gasteiger partial charge in [-0.1, -0.05) is 58.4 Å². The second-order valence-corrected chi connectivity index (χ2v) is 5.58. The largest absolute Gasteiger partial charge is 0.353 e. The summed E-state index contributed by atoms with van der Waals surface area (Å²) in [5.74, 6) is 0.487. The van der Waals surface area contributed by atoms with Crippen LogP contribution >= 0.6 is 0 Å². The molecule has 0 aromatic heterocycles. The van der Waals surface area contributed by atoms with Crippen molar-refractivity contribution in [3.8, 4) is 6.07 Å². The van der Waals surface area contributed by atoms with Gasteiger partial charge in [-0.15, -0.1) is 0 Å². The number of unbranched alkanes of at least 4 members (excludes halogenated alkanes) is 7. The molecule has 0 rings (SSSR count). The van der Waals surface area contributed by atoms with E-state index in [1.807, 2.05) is 0 Å². The molecule has 1 N–H and O–H groups in total. The van der Waals surface area contributed by atoms with Crippen LogP contribution in [0.4, 0.5) is 0 Å². The Morgan fingerprint density at radius 2 is 1.70 bits per heavy atom. The molecule has 0 aliphatic carbocycles. The first-order valence-electron chi connectivity index (χ1n) is 7.98. The zero-order valence-corrected chi connectivity index (χ0v) is 13.0. The van der Waals surface area contributed by atoms with Gasteiger partial charge in [0.1, 0.15) is 0 Å². The molecule has 0 aliphatic rings. The van der Waals surface area contributed by atoms with Gasteiger partial charge in [0.15, 0.2) is 0 Å². The molecule has 1 atom stereocenters. The maximum atomic E-state index is 10.9. The van der Waals surface area contributed by atoms with Gasteiger partial charge in [0, 0.05) is 13.0 Å². The third kappa shape index (κ3) is 13.1. The number of nitrogens with one attached hydrogen (secondary N) is 1. The van der Waals surface area contributed by atoms with Crippen molar-refractivity contribution in [3.63, 3.8) is 0 Å². The highest BCUT2D eigenvalue weighted by Crippen LogP contribution is 2.14. The molecule has 20 heavy (non-hydrogen) atoms. The third-order valence-electron chi connectivity index (χ3n) is 3.55. The summed E-state index contributed by atoms with van der Waals surface area (Å²) in [6.07, 6.45) is 13.2. The normalized spacial score (nSPS) is 11.6. The Morgan fingerprint density at radius 1 is 1.15 bits per heavy atom. The zero-order valence-electron chi connectivity index (χ0n) is 13.0. The Kier molecular flexibility index (Phi) is 13.2. The van der Waals surface area contributed by atoms with Crippen LogP contribution in [0.25, 0.3) is 0 Å². The van der Waals surface area contributed by atoms with Gasteiger partial charge in [0.05, 0.1) is 6.07 Å². The highest BCUT2D eigenvalue weighted by molar-refractivity contribution is 5.86. The number of amides is 1. The summed E-state index contributed by atoms with van der Waals surface area (Å²) >= 11 is 0. The van der Waals surface area contributed by atoms with Gasteiger partial charge in [-0.05, 0) is 24.8 Å². The van der Waals surface area contributed by atoms with E-state index < -0.39 is 0 Å². The average Bonchev–Trinajstić information content (AvgIpc) is 2.44. The molecule has 0 aromatic rings. The van der Waals surface area contributed by atoms with Crippen molar-refractivity contribution >= 4 is 5.91 Å². The van der Waals surface area contributed by atoms with Crippen LogP contribution in [0.1, 0.15) is 71.1 Å². The Balaban J connectivity index is 3.12. The minimum Gasteiger partial charge on any atom is -0.353 e. The molecule has 0 spiro atoms. The lowest BCUT2D eigenvalue weighted by atomic mass is 9.99. The second-order valence-electron chi connectivity index (χ2n) is 5.58. The maximum absolute atomic E-state index is 10.9. The molecule has 3 heteroatoms. The molecular formula is C17H30N2O. The fourth-order valence-electron chi connectivity index (χ4n) is 2.22. The van der Waals surface area contributed by atoms with Crippen molar-refractivity contribution in [2.45, 2.75) is 71.1 Å². The van der Waals surface area contributed by atoms with E-state index in [4.69, 9.17) is 5.26 Å². The van der Waals surface area contributed by atoms with E-state index in [9.17, 15) is 4.79 Å². The molecule has 0 heterocycles. The Bertz CT molecular complexity index is 294. The van der Waals surface area contributed by atoms with E-state index in [-0.39, 0.29) is 5.91 Å². The first kappa shape index (κ1) is 18.7.